The molecule has 0 spiro atoms. The lowest BCUT2D eigenvalue weighted by Crippen LogP contribution is -2.38. The second-order valence-corrected chi connectivity index (χ2v) is 6.60. The molecular weight excluding hydrogens is 292 g/mol. The topological polar surface area (TPSA) is 63.3 Å². The van der Waals surface area contributed by atoms with Crippen LogP contribution in [0.4, 0.5) is 5.69 Å². The molecule has 0 radical (unpaired) electrons. The average Bonchev–Trinajstić information content (AvgIpc) is 2.84. The Morgan fingerprint density at radius 3 is 2.78 bits per heavy atom. The molecule has 2 aliphatic carbocycles. The Hall–Kier alpha value is -2.01. The Bertz CT molecular complexity index is 714. The molecule has 2 saturated carbocycles. The molecule has 2 aromatic rings. The average molecular weight is 314 g/mol. The molecule has 2 aliphatic rings. The monoisotopic (exact) mass is 314 g/mol. The zero-order valence-electron chi connectivity index (χ0n) is 13.3. The summed E-state index contributed by atoms with van der Waals surface area (Å²) in [5.41, 5.74) is 1.83. The summed E-state index contributed by atoms with van der Waals surface area (Å²) in [6.07, 6.45) is 7.57. The summed E-state index contributed by atoms with van der Waals surface area (Å²) in [5, 5.41) is 4.04. The number of benzene rings is 1. The van der Waals surface area contributed by atoms with Crippen LogP contribution in [-0.2, 0) is 9.53 Å². The van der Waals surface area contributed by atoms with Gasteiger partial charge in [-0.1, -0.05) is 0 Å². The van der Waals surface area contributed by atoms with Crippen LogP contribution in [0, 0.1) is 5.92 Å². The van der Waals surface area contributed by atoms with Crippen molar-refractivity contribution < 1.29 is 14.3 Å². The molecule has 0 bridgehead atoms. The number of aromatic nitrogens is 1. The molecule has 2 N–H and O–H groups in total. The van der Waals surface area contributed by atoms with Crippen molar-refractivity contribution in [1.82, 2.24) is 4.98 Å². The van der Waals surface area contributed by atoms with Crippen LogP contribution in [0.1, 0.15) is 32.1 Å². The summed E-state index contributed by atoms with van der Waals surface area (Å²) >= 11 is 0. The van der Waals surface area contributed by atoms with Crippen molar-refractivity contribution in [3.05, 3.63) is 24.4 Å². The molecule has 0 aliphatic heterocycles. The van der Waals surface area contributed by atoms with Gasteiger partial charge >= 0.3 is 0 Å². The van der Waals surface area contributed by atoms with Crippen LogP contribution in [0.2, 0.25) is 0 Å². The lowest BCUT2D eigenvalue weighted by atomic mass is 9.81. The summed E-state index contributed by atoms with van der Waals surface area (Å²) in [4.78, 5) is 15.5. The van der Waals surface area contributed by atoms with E-state index in [0.29, 0.717) is 6.10 Å². The number of rotatable bonds is 5. The van der Waals surface area contributed by atoms with Gasteiger partial charge in [0.2, 0.25) is 5.91 Å². The number of nitrogens with one attached hydrogen (secondary N) is 2. The van der Waals surface area contributed by atoms with E-state index in [0.717, 1.165) is 48.0 Å². The lowest BCUT2D eigenvalue weighted by Gasteiger charge is -2.32. The second-order valence-electron chi connectivity index (χ2n) is 6.60. The molecule has 4 rings (SSSR count). The molecule has 0 atom stereocenters. The summed E-state index contributed by atoms with van der Waals surface area (Å²) in [5.74, 6) is 1.00. The van der Waals surface area contributed by atoms with Crippen LogP contribution in [0.5, 0.6) is 5.75 Å². The third-order valence-corrected chi connectivity index (χ3v) is 5.06. The van der Waals surface area contributed by atoms with Gasteiger partial charge in [0.1, 0.15) is 5.75 Å². The van der Waals surface area contributed by atoms with Crippen LogP contribution >= 0.6 is 0 Å². The summed E-state index contributed by atoms with van der Waals surface area (Å²) < 4.78 is 11.2. The smallest absolute Gasteiger partial charge is 0.227 e. The van der Waals surface area contributed by atoms with Gasteiger partial charge in [-0.15, -0.1) is 0 Å². The molecule has 0 saturated heterocycles. The molecule has 0 unspecified atom stereocenters. The van der Waals surface area contributed by atoms with Gasteiger partial charge in [0, 0.05) is 30.1 Å². The van der Waals surface area contributed by atoms with E-state index in [4.69, 9.17) is 9.47 Å². The van der Waals surface area contributed by atoms with Crippen LogP contribution in [0.3, 0.4) is 0 Å². The van der Waals surface area contributed by atoms with Crippen molar-refractivity contribution in [3.8, 4) is 5.75 Å². The molecule has 23 heavy (non-hydrogen) atoms. The summed E-state index contributed by atoms with van der Waals surface area (Å²) in [7, 11) is 1.70. The predicted octanol–water partition coefficient (Wildman–Crippen LogP) is 3.46. The number of anilines is 1. The van der Waals surface area contributed by atoms with Crippen LogP contribution in [0.25, 0.3) is 10.9 Å². The summed E-state index contributed by atoms with van der Waals surface area (Å²) in [6.45, 7) is 0. The number of carbonyl (C=O) groups is 1. The Balaban J connectivity index is 1.48. The molecule has 1 aromatic carbocycles. The van der Waals surface area contributed by atoms with Crippen molar-refractivity contribution in [2.24, 2.45) is 5.92 Å². The number of amides is 1. The van der Waals surface area contributed by atoms with E-state index in [9.17, 15) is 4.79 Å². The number of hydrogen-bond acceptors (Lipinski definition) is 3. The second kappa shape index (κ2) is 5.89. The molecule has 5 heteroatoms. The SMILES string of the molecule is COC1CC(C(=O)Nc2c[nH]c3ccc(OC4CCC4)cc23)C1. The molecule has 2 fully saturated rings. The van der Waals surface area contributed by atoms with Crippen molar-refractivity contribution in [2.45, 2.75) is 44.3 Å². The third kappa shape index (κ3) is 2.81. The molecule has 122 valence electrons. The van der Waals surface area contributed by atoms with Gasteiger partial charge in [-0.25, -0.2) is 0 Å². The van der Waals surface area contributed by atoms with E-state index in [2.05, 4.69) is 10.3 Å². The first-order valence-electron chi connectivity index (χ1n) is 8.34. The normalized spacial score (nSPS) is 24.0. The maximum atomic E-state index is 12.3. The Morgan fingerprint density at radius 2 is 2.09 bits per heavy atom. The van der Waals surface area contributed by atoms with Gasteiger partial charge in [-0.3, -0.25) is 4.79 Å². The first-order chi connectivity index (χ1) is 11.2. The van der Waals surface area contributed by atoms with Crippen LogP contribution in [0.15, 0.2) is 24.4 Å². The molecular formula is C18H22N2O3. The highest BCUT2D eigenvalue weighted by Gasteiger charge is 2.34. The summed E-state index contributed by atoms with van der Waals surface area (Å²) in [6, 6.07) is 6.00. The van der Waals surface area contributed by atoms with Crippen LogP contribution in [-0.4, -0.2) is 30.2 Å². The predicted molar refractivity (Wildman–Crippen MR) is 88.7 cm³/mol. The van der Waals surface area contributed by atoms with E-state index >= 15 is 0 Å². The number of aromatic amines is 1. The molecule has 5 nitrogen and oxygen atoms in total. The maximum Gasteiger partial charge on any atom is 0.227 e. The van der Waals surface area contributed by atoms with Crippen molar-refractivity contribution >= 4 is 22.5 Å². The number of hydrogen-bond donors (Lipinski definition) is 2. The van der Waals surface area contributed by atoms with Crippen molar-refractivity contribution in [1.29, 1.82) is 0 Å². The molecule has 1 amide bonds. The van der Waals surface area contributed by atoms with Gasteiger partial charge in [-0.05, 0) is 50.3 Å². The van der Waals surface area contributed by atoms with E-state index in [-0.39, 0.29) is 17.9 Å². The maximum absolute atomic E-state index is 12.3. The highest BCUT2D eigenvalue weighted by Crippen LogP contribution is 2.33. The first-order valence-corrected chi connectivity index (χ1v) is 8.34. The standard InChI is InChI=1S/C18H22N2O3/c1-22-14-7-11(8-14)18(21)20-17-10-19-16-6-5-13(9-15(16)17)23-12-3-2-4-12/h5-6,9-12,14,19H,2-4,7-8H2,1H3,(H,20,21). The Labute approximate surface area is 135 Å². The van der Waals surface area contributed by atoms with Crippen molar-refractivity contribution in [2.75, 3.05) is 12.4 Å². The highest BCUT2D eigenvalue weighted by atomic mass is 16.5. The first kappa shape index (κ1) is 14.6. The Morgan fingerprint density at radius 1 is 1.26 bits per heavy atom. The van der Waals surface area contributed by atoms with E-state index in [1.165, 1.54) is 6.42 Å². The third-order valence-electron chi connectivity index (χ3n) is 5.06. The van der Waals surface area contributed by atoms with Gasteiger partial charge in [-0.2, -0.15) is 0 Å². The highest BCUT2D eigenvalue weighted by molar-refractivity contribution is 6.03. The minimum absolute atomic E-state index is 0.0549. The van der Waals surface area contributed by atoms with E-state index < -0.39 is 0 Å². The minimum atomic E-state index is 0.0549. The Kier molecular flexibility index (Phi) is 3.73. The number of methoxy groups -OCH3 is 1. The van der Waals surface area contributed by atoms with Crippen molar-refractivity contribution in [3.63, 3.8) is 0 Å². The zero-order valence-corrected chi connectivity index (χ0v) is 13.3. The minimum Gasteiger partial charge on any atom is -0.490 e. The quantitative estimate of drug-likeness (QED) is 0.888. The zero-order chi connectivity index (χ0) is 15.8. The van der Waals surface area contributed by atoms with Gasteiger partial charge < -0.3 is 19.8 Å². The number of ether oxygens (including phenoxy) is 2. The fraction of sp³-hybridized carbons (Fsp3) is 0.500. The van der Waals surface area contributed by atoms with Gasteiger partial charge in [0.15, 0.2) is 0 Å². The van der Waals surface area contributed by atoms with Gasteiger partial charge in [0.25, 0.3) is 0 Å². The van der Waals surface area contributed by atoms with Gasteiger partial charge in [0.05, 0.1) is 17.9 Å². The number of H-pyrrole nitrogens is 1. The van der Waals surface area contributed by atoms with E-state index in [1.807, 2.05) is 24.4 Å². The number of fused-ring (bicyclic) bond motifs is 1. The lowest BCUT2D eigenvalue weighted by molar-refractivity contribution is -0.127. The fourth-order valence-electron chi connectivity index (χ4n) is 3.16. The van der Waals surface area contributed by atoms with Crippen LogP contribution < -0.4 is 10.1 Å². The molecule has 1 aromatic heterocycles. The fourth-order valence-corrected chi connectivity index (χ4v) is 3.16. The van der Waals surface area contributed by atoms with E-state index in [1.54, 1.807) is 7.11 Å². The largest absolute Gasteiger partial charge is 0.490 e. The number of carbonyl (C=O) groups excluding carboxylic acids is 1. The molecule has 1 heterocycles.